The van der Waals surface area contributed by atoms with Gasteiger partial charge < -0.3 is 15.5 Å². The Hall–Kier alpha value is -2.69. The quantitative estimate of drug-likeness (QED) is 0.0425. The molecule has 0 aliphatic carbocycles. The van der Waals surface area contributed by atoms with Crippen molar-refractivity contribution >= 4 is 5.91 Å². The van der Waals surface area contributed by atoms with Gasteiger partial charge in [-0.05, 0) is 77.0 Å². The summed E-state index contributed by atoms with van der Waals surface area (Å²) in [6.07, 6.45) is 72.8. The van der Waals surface area contributed by atoms with Crippen molar-refractivity contribution in [3.05, 3.63) is 97.2 Å². The third-order valence-corrected chi connectivity index (χ3v) is 10.6. The molecule has 332 valence electrons. The van der Waals surface area contributed by atoms with E-state index in [0.29, 0.717) is 6.42 Å². The second-order valence-corrected chi connectivity index (χ2v) is 16.1. The van der Waals surface area contributed by atoms with Crippen LogP contribution in [0.2, 0.25) is 0 Å². The first-order valence-corrected chi connectivity index (χ1v) is 24.5. The first kappa shape index (κ1) is 55.3. The van der Waals surface area contributed by atoms with E-state index in [1.807, 2.05) is 6.08 Å². The van der Waals surface area contributed by atoms with Gasteiger partial charge in [-0.3, -0.25) is 4.79 Å². The van der Waals surface area contributed by atoms with Gasteiger partial charge in [-0.25, -0.2) is 0 Å². The van der Waals surface area contributed by atoms with E-state index in [2.05, 4.69) is 104 Å². The maximum absolute atomic E-state index is 12.3. The smallest absolute Gasteiger partial charge is 0.220 e. The molecule has 0 aromatic carbocycles. The lowest BCUT2D eigenvalue weighted by atomic mass is 10.0. The molecule has 58 heavy (non-hydrogen) atoms. The predicted octanol–water partition coefficient (Wildman–Crippen LogP) is 15.8. The molecule has 0 bridgehead atoms. The van der Waals surface area contributed by atoms with Crippen LogP contribution < -0.4 is 5.32 Å². The average Bonchev–Trinajstić information content (AvgIpc) is 3.23. The maximum atomic E-state index is 12.3. The van der Waals surface area contributed by atoms with E-state index in [1.54, 1.807) is 6.08 Å². The maximum Gasteiger partial charge on any atom is 0.220 e. The largest absolute Gasteiger partial charge is 0.394 e. The summed E-state index contributed by atoms with van der Waals surface area (Å²) in [6, 6.07) is -0.622. The molecule has 2 atom stereocenters. The molecule has 0 aromatic rings. The van der Waals surface area contributed by atoms with E-state index < -0.39 is 12.1 Å². The van der Waals surface area contributed by atoms with Crippen LogP contribution >= 0.6 is 0 Å². The Labute approximate surface area is 360 Å². The summed E-state index contributed by atoms with van der Waals surface area (Å²) in [5, 5.41) is 22.8. The number of carbonyl (C=O) groups is 1. The van der Waals surface area contributed by atoms with Crippen LogP contribution in [-0.4, -0.2) is 34.9 Å². The molecule has 0 spiro atoms. The zero-order valence-electron chi connectivity index (χ0n) is 38.0. The van der Waals surface area contributed by atoms with Gasteiger partial charge in [0, 0.05) is 6.42 Å². The van der Waals surface area contributed by atoms with Crippen LogP contribution in [-0.2, 0) is 4.79 Å². The Balaban J connectivity index is 3.47. The first-order chi connectivity index (χ1) is 28.7. The summed E-state index contributed by atoms with van der Waals surface area (Å²) in [7, 11) is 0. The van der Waals surface area contributed by atoms with Gasteiger partial charge in [0.05, 0.1) is 18.8 Å². The van der Waals surface area contributed by atoms with Gasteiger partial charge >= 0.3 is 0 Å². The summed E-state index contributed by atoms with van der Waals surface area (Å²) in [5.74, 6) is -0.0709. The number of unbranched alkanes of at least 4 members (excludes halogenated alkanes) is 22. The summed E-state index contributed by atoms with van der Waals surface area (Å²) < 4.78 is 0. The van der Waals surface area contributed by atoms with Crippen molar-refractivity contribution in [2.24, 2.45) is 0 Å². The number of aliphatic hydroxyl groups is 2. The summed E-state index contributed by atoms with van der Waals surface area (Å²) in [6.45, 7) is 4.13. The molecule has 4 nitrogen and oxygen atoms in total. The highest BCUT2D eigenvalue weighted by Gasteiger charge is 2.17. The third-order valence-electron chi connectivity index (χ3n) is 10.6. The topological polar surface area (TPSA) is 69.6 Å². The van der Waals surface area contributed by atoms with Crippen LogP contribution in [0.1, 0.15) is 219 Å². The van der Waals surface area contributed by atoms with Crippen LogP contribution in [0.3, 0.4) is 0 Å². The second kappa shape index (κ2) is 48.7. The lowest BCUT2D eigenvalue weighted by Gasteiger charge is -2.20. The number of aliphatic hydroxyl groups excluding tert-OH is 2. The van der Waals surface area contributed by atoms with Crippen LogP contribution in [0.15, 0.2) is 97.2 Å². The molecule has 1 amide bonds. The standard InChI is InChI=1S/C54H93NO3/c1-3-5-7-9-11-12-13-14-15-16-17-18-19-20-21-22-23-24-25-26-27-28-29-30-31-32-33-34-35-36-37-38-39-40-41-42-44-46-48-50-54(58)55-52(51-56)53(57)49-47-45-43-10-8-6-4-2/h5,7,11-12,14-15,17-18,20-21,23-24,26-27,47,49,52-53,56-57H,3-4,6,8-10,13,16,19,22,25,28-46,48,50-51H2,1-2H3,(H,55,58)/b7-5-,12-11-,15-14-,18-17-,21-20-,24-23-,27-26-,49-47+. The van der Waals surface area contributed by atoms with Crippen molar-refractivity contribution in [2.75, 3.05) is 6.61 Å². The van der Waals surface area contributed by atoms with E-state index in [-0.39, 0.29) is 12.5 Å². The SMILES string of the molecule is CC/C=C\C/C=C\C/C=C\C/C=C\C/C=C\C/C=C\C/C=C\CCCCCCCCCCCCCCCCCCCC(=O)NC(CO)C(O)/C=C/CCCCCCC. The third kappa shape index (κ3) is 44.4. The highest BCUT2D eigenvalue weighted by Crippen LogP contribution is 2.15. The Morgan fingerprint density at radius 2 is 0.759 bits per heavy atom. The van der Waals surface area contributed by atoms with Gasteiger partial charge in [0.1, 0.15) is 0 Å². The average molecular weight is 804 g/mol. The van der Waals surface area contributed by atoms with E-state index in [9.17, 15) is 15.0 Å². The minimum absolute atomic E-state index is 0.0709. The first-order valence-electron chi connectivity index (χ1n) is 24.5. The summed E-state index contributed by atoms with van der Waals surface area (Å²) in [5.41, 5.74) is 0. The Morgan fingerprint density at radius 1 is 0.431 bits per heavy atom. The highest BCUT2D eigenvalue weighted by molar-refractivity contribution is 5.76. The fraction of sp³-hybridized carbons (Fsp3) is 0.685. The number of hydrogen-bond acceptors (Lipinski definition) is 3. The number of allylic oxidation sites excluding steroid dienone is 15. The van der Waals surface area contributed by atoms with E-state index in [0.717, 1.165) is 70.6 Å². The van der Waals surface area contributed by atoms with Crippen molar-refractivity contribution in [3.8, 4) is 0 Å². The molecule has 4 heteroatoms. The second-order valence-electron chi connectivity index (χ2n) is 16.1. The number of nitrogens with one attached hydrogen (secondary N) is 1. The molecule has 2 unspecified atom stereocenters. The minimum Gasteiger partial charge on any atom is -0.394 e. The number of amides is 1. The monoisotopic (exact) mass is 804 g/mol. The Kier molecular flexibility index (Phi) is 46.4. The molecule has 0 aromatic heterocycles. The van der Waals surface area contributed by atoms with Crippen LogP contribution in [0.4, 0.5) is 0 Å². The molecule has 0 heterocycles. The molecule has 0 radical (unpaired) electrons. The number of hydrogen-bond donors (Lipinski definition) is 3. The summed E-state index contributed by atoms with van der Waals surface area (Å²) >= 11 is 0. The van der Waals surface area contributed by atoms with Crippen LogP contribution in [0.5, 0.6) is 0 Å². The molecule has 3 N–H and O–H groups in total. The van der Waals surface area contributed by atoms with Crippen molar-refractivity contribution in [3.63, 3.8) is 0 Å². The van der Waals surface area contributed by atoms with Gasteiger partial charge in [0.2, 0.25) is 5.91 Å². The predicted molar refractivity (Wildman–Crippen MR) is 257 cm³/mol. The lowest BCUT2D eigenvalue weighted by molar-refractivity contribution is -0.123. The Morgan fingerprint density at radius 3 is 1.14 bits per heavy atom. The normalized spacial score (nSPS) is 13.8. The van der Waals surface area contributed by atoms with E-state index in [1.165, 1.54) is 128 Å². The number of rotatable bonds is 43. The molecule has 0 saturated carbocycles. The molecule has 0 aliphatic heterocycles. The van der Waals surface area contributed by atoms with Gasteiger partial charge in [0.25, 0.3) is 0 Å². The van der Waals surface area contributed by atoms with Crippen LogP contribution in [0.25, 0.3) is 0 Å². The van der Waals surface area contributed by atoms with Gasteiger partial charge in [-0.1, -0.05) is 233 Å². The number of carbonyl (C=O) groups excluding carboxylic acids is 1. The summed E-state index contributed by atoms with van der Waals surface area (Å²) in [4.78, 5) is 12.3. The molecule has 0 aliphatic rings. The zero-order chi connectivity index (χ0) is 42.1. The van der Waals surface area contributed by atoms with Gasteiger partial charge in [0.15, 0.2) is 0 Å². The van der Waals surface area contributed by atoms with Gasteiger partial charge in [-0.15, -0.1) is 0 Å². The van der Waals surface area contributed by atoms with Crippen molar-refractivity contribution in [2.45, 2.75) is 231 Å². The fourth-order valence-corrected chi connectivity index (χ4v) is 6.86. The zero-order valence-corrected chi connectivity index (χ0v) is 38.0. The molecular weight excluding hydrogens is 711 g/mol. The van der Waals surface area contributed by atoms with Crippen molar-refractivity contribution < 1.29 is 15.0 Å². The van der Waals surface area contributed by atoms with E-state index >= 15 is 0 Å². The van der Waals surface area contributed by atoms with Gasteiger partial charge in [-0.2, -0.15) is 0 Å². The van der Waals surface area contributed by atoms with Crippen molar-refractivity contribution in [1.29, 1.82) is 0 Å². The van der Waals surface area contributed by atoms with Crippen LogP contribution in [0, 0.1) is 0 Å². The molecular formula is C54H93NO3. The highest BCUT2D eigenvalue weighted by atomic mass is 16.3. The molecule has 0 saturated heterocycles. The Bertz CT molecular complexity index is 1090. The fourth-order valence-electron chi connectivity index (χ4n) is 6.86. The molecule has 0 rings (SSSR count). The minimum atomic E-state index is -0.838. The molecule has 0 fully saturated rings. The van der Waals surface area contributed by atoms with E-state index in [4.69, 9.17) is 0 Å². The van der Waals surface area contributed by atoms with Crippen molar-refractivity contribution in [1.82, 2.24) is 5.32 Å². The lowest BCUT2D eigenvalue weighted by Crippen LogP contribution is -2.45.